The Bertz CT molecular complexity index is 494. The molecule has 0 saturated carbocycles. The molecule has 1 unspecified atom stereocenters. The van der Waals surface area contributed by atoms with E-state index < -0.39 is 5.97 Å². The van der Waals surface area contributed by atoms with E-state index in [2.05, 4.69) is 0 Å². The Labute approximate surface area is 118 Å². The first-order valence-electron chi connectivity index (χ1n) is 6.48. The molecule has 106 valence electrons. The number of carboxylic acid groups (broad SMARTS) is 1. The summed E-state index contributed by atoms with van der Waals surface area (Å²) >= 11 is 0. The monoisotopic (exact) mass is 274 g/mol. The maximum Gasteiger partial charge on any atom is 0.303 e. The van der Waals surface area contributed by atoms with Crippen molar-refractivity contribution < 1.29 is 14.7 Å². The molecule has 20 heavy (non-hydrogen) atoms. The quantitative estimate of drug-likeness (QED) is 0.828. The van der Waals surface area contributed by atoms with Crippen LogP contribution < -0.4 is 4.90 Å². The van der Waals surface area contributed by atoms with Gasteiger partial charge < -0.3 is 10.0 Å². The van der Waals surface area contributed by atoms with Crippen molar-refractivity contribution in [3.8, 4) is 6.07 Å². The van der Waals surface area contributed by atoms with Crippen LogP contribution in [0.3, 0.4) is 0 Å². The molecule has 1 atom stereocenters. The number of carboxylic acids is 1. The summed E-state index contributed by atoms with van der Waals surface area (Å²) in [6.07, 6.45) is 0.368. The van der Waals surface area contributed by atoms with Gasteiger partial charge in [0.15, 0.2) is 0 Å². The van der Waals surface area contributed by atoms with Gasteiger partial charge in [0, 0.05) is 25.1 Å². The first-order valence-corrected chi connectivity index (χ1v) is 6.48. The Kier molecular flexibility index (Phi) is 6.24. The van der Waals surface area contributed by atoms with E-state index in [1.807, 2.05) is 24.3 Å². The van der Waals surface area contributed by atoms with Crippen molar-refractivity contribution in [3.63, 3.8) is 0 Å². The van der Waals surface area contributed by atoms with Gasteiger partial charge in [0.05, 0.1) is 12.5 Å². The summed E-state index contributed by atoms with van der Waals surface area (Å²) in [5.41, 5.74) is 0.732. The molecule has 1 amide bonds. The Morgan fingerprint density at radius 1 is 1.30 bits per heavy atom. The largest absolute Gasteiger partial charge is 0.481 e. The third kappa shape index (κ3) is 5.11. The topological polar surface area (TPSA) is 81.4 Å². The standard InChI is InChI=1S/C15H18N2O3/c1-12(11-15(19)20)10-14(18)17(9-5-8-16)13-6-3-2-4-7-13/h2-4,6-7,12H,5,9-11H2,1H3,(H,19,20). The fraction of sp³-hybridized carbons (Fsp3) is 0.400. The van der Waals surface area contributed by atoms with Gasteiger partial charge in [-0.25, -0.2) is 0 Å². The van der Waals surface area contributed by atoms with Crippen molar-refractivity contribution in [2.24, 2.45) is 5.92 Å². The SMILES string of the molecule is CC(CC(=O)O)CC(=O)N(CCC#N)c1ccccc1. The van der Waals surface area contributed by atoms with Gasteiger partial charge in [0.2, 0.25) is 5.91 Å². The fourth-order valence-electron chi connectivity index (χ4n) is 1.95. The number of benzene rings is 1. The first-order chi connectivity index (χ1) is 9.54. The maximum absolute atomic E-state index is 12.3. The van der Waals surface area contributed by atoms with E-state index in [-0.39, 0.29) is 31.1 Å². The van der Waals surface area contributed by atoms with Crippen LogP contribution in [-0.2, 0) is 9.59 Å². The highest BCUT2D eigenvalue weighted by Gasteiger charge is 2.19. The summed E-state index contributed by atoms with van der Waals surface area (Å²) in [6, 6.07) is 11.1. The lowest BCUT2D eigenvalue weighted by molar-refractivity contribution is -0.138. The molecule has 0 saturated heterocycles. The zero-order chi connectivity index (χ0) is 15.0. The Hall–Kier alpha value is -2.35. The van der Waals surface area contributed by atoms with Gasteiger partial charge in [-0.05, 0) is 18.1 Å². The number of aliphatic carboxylic acids is 1. The first kappa shape index (κ1) is 15.7. The lowest BCUT2D eigenvalue weighted by Gasteiger charge is -2.23. The van der Waals surface area contributed by atoms with Crippen LogP contribution >= 0.6 is 0 Å². The summed E-state index contributed by atoms with van der Waals surface area (Å²) in [7, 11) is 0. The predicted molar refractivity (Wildman–Crippen MR) is 75.1 cm³/mol. The fourth-order valence-corrected chi connectivity index (χ4v) is 1.95. The molecule has 0 aliphatic heterocycles. The summed E-state index contributed by atoms with van der Waals surface area (Å²) < 4.78 is 0. The van der Waals surface area contributed by atoms with Crippen LogP contribution in [0, 0.1) is 17.2 Å². The molecule has 0 aliphatic carbocycles. The van der Waals surface area contributed by atoms with E-state index >= 15 is 0 Å². The molecule has 1 aromatic rings. The van der Waals surface area contributed by atoms with E-state index in [1.165, 1.54) is 0 Å². The zero-order valence-corrected chi connectivity index (χ0v) is 11.5. The molecule has 0 radical (unpaired) electrons. The van der Waals surface area contributed by atoms with Crippen LogP contribution in [0.15, 0.2) is 30.3 Å². The van der Waals surface area contributed by atoms with Gasteiger partial charge in [0.25, 0.3) is 0 Å². The van der Waals surface area contributed by atoms with Crippen molar-refractivity contribution >= 4 is 17.6 Å². The smallest absolute Gasteiger partial charge is 0.303 e. The number of nitrogens with zero attached hydrogens (tertiary/aromatic N) is 2. The number of para-hydroxylation sites is 1. The van der Waals surface area contributed by atoms with Crippen molar-refractivity contribution in [2.45, 2.75) is 26.2 Å². The number of amides is 1. The minimum absolute atomic E-state index is 0.0351. The molecule has 0 spiro atoms. The van der Waals surface area contributed by atoms with E-state index in [0.717, 1.165) is 5.69 Å². The number of hydrogen-bond donors (Lipinski definition) is 1. The molecule has 0 heterocycles. The minimum atomic E-state index is -0.909. The number of nitriles is 1. The summed E-state index contributed by atoms with van der Waals surface area (Å²) in [4.78, 5) is 24.4. The molecule has 1 aromatic carbocycles. The molecule has 0 aliphatic rings. The molecule has 5 nitrogen and oxygen atoms in total. The number of hydrogen-bond acceptors (Lipinski definition) is 3. The second-order valence-corrected chi connectivity index (χ2v) is 4.70. The average molecular weight is 274 g/mol. The zero-order valence-electron chi connectivity index (χ0n) is 11.5. The van der Waals surface area contributed by atoms with E-state index in [4.69, 9.17) is 10.4 Å². The number of anilines is 1. The van der Waals surface area contributed by atoms with Gasteiger partial charge in [-0.3, -0.25) is 9.59 Å². The van der Waals surface area contributed by atoms with Gasteiger partial charge in [-0.1, -0.05) is 25.1 Å². The molecule has 0 fully saturated rings. The maximum atomic E-state index is 12.3. The minimum Gasteiger partial charge on any atom is -0.481 e. The lowest BCUT2D eigenvalue weighted by Crippen LogP contribution is -2.33. The predicted octanol–water partition coefficient (Wildman–Crippen LogP) is 2.43. The average Bonchev–Trinajstić information content (AvgIpc) is 2.39. The normalized spacial score (nSPS) is 11.4. The summed E-state index contributed by atoms with van der Waals surface area (Å²) in [6.45, 7) is 2.05. The highest BCUT2D eigenvalue weighted by atomic mass is 16.4. The molecular formula is C15H18N2O3. The van der Waals surface area contributed by atoms with Gasteiger partial charge in [-0.2, -0.15) is 5.26 Å². The van der Waals surface area contributed by atoms with Gasteiger partial charge in [0.1, 0.15) is 0 Å². The van der Waals surface area contributed by atoms with Crippen LogP contribution in [-0.4, -0.2) is 23.5 Å². The van der Waals surface area contributed by atoms with Crippen molar-refractivity contribution in [2.75, 3.05) is 11.4 Å². The number of carbonyl (C=O) groups excluding carboxylic acids is 1. The Balaban J connectivity index is 2.75. The molecular weight excluding hydrogens is 256 g/mol. The van der Waals surface area contributed by atoms with E-state index in [9.17, 15) is 9.59 Å². The Morgan fingerprint density at radius 2 is 1.95 bits per heavy atom. The molecule has 5 heteroatoms. The van der Waals surface area contributed by atoms with Crippen LogP contribution in [0.25, 0.3) is 0 Å². The van der Waals surface area contributed by atoms with Gasteiger partial charge in [-0.15, -0.1) is 0 Å². The molecule has 0 bridgehead atoms. The molecule has 1 rings (SSSR count). The highest BCUT2D eigenvalue weighted by Crippen LogP contribution is 2.18. The third-order valence-corrected chi connectivity index (χ3v) is 2.86. The van der Waals surface area contributed by atoms with E-state index in [1.54, 1.807) is 24.0 Å². The molecule has 1 N–H and O–H groups in total. The second-order valence-electron chi connectivity index (χ2n) is 4.70. The third-order valence-electron chi connectivity index (χ3n) is 2.86. The van der Waals surface area contributed by atoms with Gasteiger partial charge >= 0.3 is 5.97 Å². The van der Waals surface area contributed by atoms with Crippen LogP contribution in [0.4, 0.5) is 5.69 Å². The van der Waals surface area contributed by atoms with Crippen molar-refractivity contribution in [1.29, 1.82) is 5.26 Å². The van der Waals surface area contributed by atoms with Crippen molar-refractivity contribution in [3.05, 3.63) is 30.3 Å². The van der Waals surface area contributed by atoms with Crippen LogP contribution in [0.5, 0.6) is 0 Å². The number of rotatable bonds is 7. The molecule has 0 aromatic heterocycles. The Morgan fingerprint density at radius 3 is 2.50 bits per heavy atom. The second kappa shape index (κ2) is 7.95. The summed E-state index contributed by atoms with van der Waals surface area (Å²) in [5.74, 6) is -1.29. The lowest BCUT2D eigenvalue weighted by atomic mass is 10.0. The van der Waals surface area contributed by atoms with Crippen LogP contribution in [0.2, 0.25) is 0 Å². The number of carbonyl (C=O) groups is 2. The van der Waals surface area contributed by atoms with Crippen LogP contribution in [0.1, 0.15) is 26.2 Å². The summed E-state index contributed by atoms with van der Waals surface area (Å²) in [5, 5.41) is 17.4. The highest BCUT2D eigenvalue weighted by molar-refractivity contribution is 5.93. The van der Waals surface area contributed by atoms with Crippen molar-refractivity contribution in [1.82, 2.24) is 0 Å². The van der Waals surface area contributed by atoms with E-state index in [0.29, 0.717) is 6.54 Å².